The number of benzene rings is 1. The van der Waals surface area contributed by atoms with Gasteiger partial charge in [0, 0.05) is 6.20 Å². The number of aryl methyl sites for hydroxylation is 2. The predicted octanol–water partition coefficient (Wildman–Crippen LogP) is 2.49. The van der Waals surface area contributed by atoms with Crippen molar-refractivity contribution in [2.45, 2.75) is 13.8 Å². The van der Waals surface area contributed by atoms with E-state index >= 15 is 0 Å². The molecular formula is C20H14N4O2. The fourth-order valence-corrected chi connectivity index (χ4v) is 2.98. The molecule has 0 aliphatic heterocycles. The molecule has 1 aromatic carbocycles. The number of nitrogens with zero attached hydrogens (tertiary/aromatic N) is 4. The minimum atomic E-state index is -0.493. The fourth-order valence-electron chi connectivity index (χ4n) is 2.98. The molecular weight excluding hydrogens is 328 g/mol. The van der Waals surface area contributed by atoms with Crippen molar-refractivity contribution in [3.63, 3.8) is 0 Å². The Hall–Kier alpha value is -3.72. The van der Waals surface area contributed by atoms with Crippen molar-refractivity contribution in [1.29, 1.82) is 5.26 Å². The van der Waals surface area contributed by atoms with Gasteiger partial charge in [0.15, 0.2) is 5.65 Å². The van der Waals surface area contributed by atoms with E-state index in [9.17, 15) is 14.9 Å². The summed E-state index contributed by atoms with van der Waals surface area (Å²) in [6.07, 6.45) is 1.69. The second kappa shape index (κ2) is 5.67. The van der Waals surface area contributed by atoms with Crippen LogP contribution in [0.25, 0.3) is 22.4 Å². The number of nitriles is 1. The van der Waals surface area contributed by atoms with Gasteiger partial charge in [0.05, 0.1) is 11.1 Å². The maximum absolute atomic E-state index is 13.0. The van der Waals surface area contributed by atoms with Crippen LogP contribution >= 0.6 is 0 Å². The standard InChI is InChI=1S/C20H14N4O2/c1-12-3-6-15(7-4-12)24-18-16(9-14(10-21)19(24)25)20(26)23-11-13(2)5-8-17(23)22-18/h3-9,11H,1-2H3. The van der Waals surface area contributed by atoms with Crippen LogP contribution in [0.4, 0.5) is 0 Å². The van der Waals surface area contributed by atoms with Gasteiger partial charge >= 0.3 is 0 Å². The molecule has 0 radical (unpaired) electrons. The average Bonchev–Trinajstić information content (AvgIpc) is 2.63. The molecule has 6 nitrogen and oxygen atoms in total. The van der Waals surface area contributed by atoms with Crippen molar-refractivity contribution in [2.75, 3.05) is 0 Å². The summed E-state index contributed by atoms with van der Waals surface area (Å²) in [7, 11) is 0. The molecule has 4 rings (SSSR count). The minimum absolute atomic E-state index is 0.0930. The first-order valence-electron chi connectivity index (χ1n) is 8.05. The van der Waals surface area contributed by atoms with Crippen molar-refractivity contribution in [2.24, 2.45) is 0 Å². The van der Waals surface area contributed by atoms with Crippen LogP contribution in [0.15, 0.2) is 58.3 Å². The molecule has 0 fully saturated rings. The molecule has 3 heterocycles. The highest BCUT2D eigenvalue weighted by atomic mass is 16.1. The zero-order valence-electron chi connectivity index (χ0n) is 14.2. The van der Waals surface area contributed by atoms with Gasteiger partial charge in [0.25, 0.3) is 11.1 Å². The Morgan fingerprint density at radius 1 is 0.962 bits per heavy atom. The molecule has 0 bridgehead atoms. The monoisotopic (exact) mass is 342 g/mol. The van der Waals surface area contributed by atoms with E-state index in [-0.39, 0.29) is 22.2 Å². The summed E-state index contributed by atoms with van der Waals surface area (Å²) in [5.41, 5.74) is 2.29. The minimum Gasteiger partial charge on any atom is -0.268 e. The lowest BCUT2D eigenvalue weighted by Crippen LogP contribution is -2.26. The van der Waals surface area contributed by atoms with E-state index in [2.05, 4.69) is 4.98 Å². The molecule has 0 N–H and O–H groups in total. The summed E-state index contributed by atoms with van der Waals surface area (Å²) in [5, 5.41) is 9.58. The van der Waals surface area contributed by atoms with Crippen molar-refractivity contribution in [3.05, 3.63) is 86.1 Å². The van der Waals surface area contributed by atoms with E-state index in [4.69, 9.17) is 0 Å². The van der Waals surface area contributed by atoms with Crippen molar-refractivity contribution in [3.8, 4) is 11.8 Å². The molecule has 6 heteroatoms. The van der Waals surface area contributed by atoms with Gasteiger partial charge in [-0.15, -0.1) is 0 Å². The normalized spacial score (nSPS) is 11.0. The maximum Gasteiger partial charge on any atom is 0.274 e. The lowest BCUT2D eigenvalue weighted by atomic mass is 10.2. The lowest BCUT2D eigenvalue weighted by Gasteiger charge is -2.12. The summed E-state index contributed by atoms with van der Waals surface area (Å²) in [4.78, 5) is 30.3. The van der Waals surface area contributed by atoms with Gasteiger partial charge < -0.3 is 0 Å². The quantitative estimate of drug-likeness (QED) is 0.498. The first kappa shape index (κ1) is 15.8. The summed E-state index contributed by atoms with van der Waals surface area (Å²) in [6, 6.07) is 14.1. The summed E-state index contributed by atoms with van der Waals surface area (Å²) >= 11 is 0. The van der Waals surface area contributed by atoms with Crippen LogP contribution in [0.2, 0.25) is 0 Å². The van der Waals surface area contributed by atoms with E-state index in [1.807, 2.05) is 38.1 Å². The molecule has 0 unspecified atom stereocenters. The van der Waals surface area contributed by atoms with Crippen LogP contribution in [0.3, 0.4) is 0 Å². The topological polar surface area (TPSA) is 80.2 Å². The van der Waals surface area contributed by atoms with E-state index in [1.165, 1.54) is 15.0 Å². The van der Waals surface area contributed by atoms with Gasteiger partial charge in [-0.1, -0.05) is 23.8 Å². The Labute approximate surface area is 148 Å². The van der Waals surface area contributed by atoms with Gasteiger partial charge in [-0.05, 0) is 43.7 Å². The van der Waals surface area contributed by atoms with E-state index in [0.717, 1.165) is 11.1 Å². The molecule has 0 amide bonds. The van der Waals surface area contributed by atoms with E-state index in [0.29, 0.717) is 11.3 Å². The van der Waals surface area contributed by atoms with Crippen LogP contribution < -0.4 is 11.1 Å². The first-order valence-corrected chi connectivity index (χ1v) is 8.05. The fraction of sp³-hybridized carbons (Fsp3) is 0.100. The SMILES string of the molecule is Cc1ccc(-n2c(=O)c(C#N)cc3c(=O)n4cc(C)ccc4nc32)cc1. The number of hydrogen-bond acceptors (Lipinski definition) is 4. The van der Waals surface area contributed by atoms with Crippen molar-refractivity contribution >= 4 is 16.7 Å². The second-order valence-corrected chi connectivity index (χ2v) is 6.23. The summed E-state index contributed by atoms with van der Waals surface area (Å²) < 4.78 is 2.76. The Balaban J connectivity index is 2.25. The molecule has 0 atom stereocenters. The van der Waals surface area contributed by atoms with Gasteiger partial charge in [0.2, 0.25) is 0 Å². The van der Waals surface area contributed by atoms with E-state index < -0.39 is 5.56 Å². The molecule has 26 heavy (non-hydrogen) atoms. The van der Waals surface area contributed by atoms with Crippen molar-refractivity contribution in [1.82, 2.24) is 14.0 Å². The number of rotatable bonds is 1. The summed E-state index contributed by atoms with van der Waals surface area (Å²) in [5.74, 6) is 0. The molecule has 3 aromatic heterocycles. The Morgan fingerprint density at radius 3 is 2.35 bits per heavy atom. The van der Waals surface area contributed by atoms with Crippen LogP contribution in [-0.2, 0) is 0 Å². The zero-order chi connectivity index (χ0) is 18.4. The highest BCUT2D eigenvalue weighted by molar-refractivity contribution is 5.79. The largest absolute Gasteiger partial charge is 0.274 e. The highest BCUT2D eigenvalue weighted by Gasteiger charge is 2.16. The van der Waals surface area contributed by atoms with Gasteiger partial charge in [0.1, 0.15) is 17.3 Å². The third kappa shape index (κ3) is 2.30. The maximum atomic E-state index is 13.0. The molecule has 0 aliphatic rings. The second-order valence-electron chi connectivity index (χ2n) is 6.23. The van der Waals surface area contributed by atoms with Gasteiger partial charge in [-0.2, -0.15) is 5.26 Å². The number of pyridine rings is 2. The third-order valence-corrected chi connectivity index (χ3v) is 4.33. The molecule has 0 saturated heterocycles. The lowest BCUT2D eigenvalue weighted by molar-refractivity contribution is 0.980. The number of fused-ring (bicyclic) bond motifs is 2. The first-order chi connectivity index (χ1) is 12.5. The van der Waals surface area contributed by atoms with Gasteiger partial charge in [-0.3, -0.25) is 18.6 Å². The zero-order valence-corrected chi connectivity index (χ0v) is 14.2. The Morgan fingerprint density at radius 2 is 1.65 bits per heavy atom. The van der Waals surface area contributed by atoms with Crippen LogP contribution in [0.1, 0.15) is 16.7 Å². The van der Waals surface area contributed by atoms with Gasteiger partial charge in [-0.25, -0.2) is 4.98 Å². The highest BCUT2D eigenvalue weighted by Crippen LogP contribution is 2.16. The molecule has 0 saturated carbocycles. The van der Waals surface area contributed by atoms with Crippen LogP contribution in [-0.4, -0.2) is 14.0 Å². The molecule has 0 spiro atoms. The smallest absolute Gasteiger partial charge is 0.268 e. The third-order valence-electron chi connectivity index (χ3n) is 4.33. The number of hydrogen-bond donors (Lipinski definition) is 0. The average molecular weight is 342 g/mol. The molecule has 126 valence electrons. The van der Waals surface area contributed by atoms with Crippen molar-refractivity contribution < 1.29 is 0 Å². The van der Waals surface area contributed by atoms with Crippen LogP contribution in [0, 0.1) is 25.2 Å². The summed E-state index contributed by atoms with van der Waals surface area (Å²) in [6.45, 7) is 3.82. The number of aromatic nitrogens is 3. The van der Waals surface area contributed by atoms with E-state index in [1.54, 1.807) is 24.4 Å². The predicted molar refractivity (Wildman–Crippen MR) is 98.8 cm³/mol. The Bertz CT molecular complexity index is 1340. The van der Waals surface area contributed by atoms with Crippen LogP contribution in [0.5, 0.6) is 0 Å². The Kier molecular flexibility index (Phi) is 3.44. The molecule has 0 aliphatic carbocycles. The molecule has 4 aromatic rings.